The minimum atomic E-state index is 0.156. The van der Waals surface area contributed by atoms with Crippen LogP contribution in [0.1, 0.15) is 42.7 Å². The van der Waals surface area contributed by atoms with Gasteiger partial charge in [0.25, 0.3) is 0 Å². The van der Waals surface area contributed by atoms with E-state index >= 15 is 0 Å². The van der Waals surface area contributed by atoms with Crippen LogP contribution in [0.3, 0.4) is 0 Å². The van der Waals surface area contributed by atoms with Crippen molar-refractivity contribution in [2.75, 3.05) is 0 Å². The lowest BCUT2D eigenvalue weighted by molar-refractivity contribution is 0.723. The van der Waals surface area contributed by atoms with E-state index in [9.17, 15) is 0 Å². The van der Waals surface area contributed by atoms with E-state index in [1.807, 2.05) is 12.1 Å². The van der Waals surface area contributed by atoms with E-state index in [-0.39, 0.29) is 5.84 Å². The minimum absolute atomic E-state index is 0.156. The molecule has 3 heteroatoms. The minimum Gasteiger partial charge on any atom is -0.405 e. The molecule has 0 aliphatic heterocycles. The summed E-state index contributed by atoms with van der Waals surface area (Å²) < 4.78 is 0. The zero-order valence-electron chi connectivity index (χ0n) is 10.2. The summed E-state index contributed by atoms with van der Waals surface area (Å²) in [6.45, 7) is 3.14. The van der Waals surface area contributed by atoms with Gasteiger partial charge in [0.1, 0.15) is 5.84 Å². The topological polar surface area (TPSA) is 75.9 Å². The van der Waals surface area contributed by atoms with Gasteiger partial charge in [0.15, 0.2) is 0 Å². The summed E-state index contributed by atoms with van der Waals surface area (Å²) in [5, 5.41) is 7.29. The Hall–Kier alpha value is -1.77. The molecule has 0 heterocycles. The molecule has 0 saturated heterocycles. The van der Waals surface area contributed by atoms with Gasteiger partial charge >= 0.3 is 0 Å². The van der Waals surface area contributed by atoms with Crippen molar-refractivity contribution in [3.8, 4) is 0 Å². The fraction of sp³-hybridized carbons (Fsp3) is 0.357. The van der Waals surface area contributed by atoms with E-state index in [1.165, 1.54) is 37.4 Å². The zero-order valence-corrected chi connectivity index (χ0v) is 10.2. The molecular weight excluding hydrogens is 210 g/mol. The van der Waals surface area contributed by atoms with Gasteiger partial charge in [-0.3, -0.25) is 5.41 Å². The zero-order chi connectivity index (χ0) is 12.7. The molecule has 0 amide bonds. The van der Waals surface area contributed by atoms with Crippen molar-refractivity contribution < 1.29 is 0 Å². The summed E-state index contributed by atoms with van der Waals surface area (Å²) in [6, 6.07) is 8.14. The molecule has 0 atom stereocenters. The van der Waals surface area contributed by atoms with Crippen molar-refractivity contribution in [3.63, 3.8) is 0 Å². The molecule has 92 valence electrons. The van der Waals surface area contributed by atoms with Crippen LogP contribution in [0.4, 0.5) is 0 Å². The Morgan fingerprint density at radius 2 is 1.71 bits per heavy atom. The van der Waals surface area contributed by atoms with Crippen molar-refractivity contribution in [3.05, 3.63) is 48.2 Å². The molecule has 0 aromatic heterocycles. The van der Waals surface area contributed by atoms with Gasteiger partial charge in [0, 0.05) is 5.56 Å². The standard InChI is InChI=1S/C12H16N2.C2H5N/c13-12(14)11-7-5-10(6-8-11)9-3-1-2-4-9;1-2-3/h5-9H,1-4H2,(H3,13,14);2H,1,3H2. The van der Waals surface area contributed by atoms with Gasteiger partial charge in [-0.25, -0.2) is 0 Å². The predicted molar refractivity (Wildman–Crippen MR) is 73.1 cm³/mol. The van der Waals surface area contributed by atoms with E-state index in [2.05, 4.69) is 24.4 Å². The fourth-order valence-electron chi connectivity index (χ4n) is 2.19. The number of nitrogens with two attached hydrogens (primary N) is 2. The number of amidine groups is 1. The van der Waals surface area contributed by atoms with Crippen LogP contribution in [0.15, 0.2) is 37.0 Å². The highest BCUT2D eigenvalue weighted by molar-refractivity contribution is 5.94. The van der Waals surface area contributed by atoms with Crippen molar-refractivity contribution in [1.29, 1.82) is 5.41 Å². The highest BCUT2D eigenvalue weighted by Crippen LogP contribution is 2.33. The number of benzene rings is 1. The molecule has 1 saturated carbocycles. The molecule has 17 heavy (non-hydrogen) atoms. The van der Waals surface area contributed by atoms with Crippen LogP contribution in [0.25, 0.3) is 0 Å². The van der Waals surface area contributed by atoms with Gasteiger partial charge < -0.3 is 11.5 Å². The van der Waals surface area contributed by atoms with Crippen molar-refractivity contribution in [2.45, 2.75) is 31.6 Å². The SMILES string of the molecule is C=CN.N=C(N)c1ccc(C2CCCC2)cc1. The first kappa shape index (κ1) is 13.3. The summed E-state index contributed by atoms with van der Waals surface area (Å²) in [7, 11) is 0. The Morgan fingerprint density at radius 3 is 2.12 bits per heavy atom. The quantitative estimate of drug-likeness (QED) is 0.540. The second-order valence-corrected chi connectivity index (χ2v) is 4.25. The van der Waals surface area contributed by atoms with E-state index in [0.29, 0.717) is 0 Å². The molecule has 3 nitrogen and oxygen atoms in total. The number of hydrogen-bond donors (Lipinski definition) is 3. The Kier molecular flexibility index (Phi) is 5.27. The van der Waals surface area contributed by atoms with E-state index < -0.39 is 0 Å². The van der Waals surface area contributed by atoms with Gasteiger partial charge in [0.2, 0.25) is 0 Å². The lowest BCUT2D eigenvalue weighted by atomic mass is 9.97. The molecular formula is C14H21N3. The lowest BCUT2D eigenvalue weighted by Crippen LogP contribution is -2.10. The molecule has 1 fully saturated rings. The first-order valence-electron chi connectivity index (χ1n) is 5.96. The second kappa shape index (κ2) is 6.74. The molecule has 0 radical (unpaired) electrons. The third-order valence-corrected chi connectivity index (χ3v) is 3.05. The van der Waals surface area contributed by atoms with Crippen molar-refractivity contribution >= 4 is 5.84 Å². The first-order chi connectivity index (χ1) is 8.19. The average molecular weight is 231 g/mol. The van der Waals surface area contributed by atoms with E-state index in [0.717, 1.165) is 11.5 Å². The third-order valence-electron chi connectivity index (χ3n) is 3.05. The number of nitrogen functional groups attached to an aromatic ring is 1. The molecule has 1 aromatic rings. The Labute approximate surface area is 103 Å². The summed E-state index contributed by atoms with van der Waals surface area (Å²) in [5.41, 5.74) is 12.2. The second-order valence-electron chi connectivity index (χ2n) is 4.25. The average Bonchev–Trinajstić information content (AvgIpc) is 2.83. The maximum absolute atomic E-state index is 7.29. The maximum Gasteiger partial charge on any atom is 0.122 e. The molecule has 2 rings (SSSR count). The van der Waals surface area contributed by atoms with E-state index in [4.69, 9.17) is 11.1 Å². The van der Waals surface area contributed by atoms with Gasteiger partial charge in [-0.05, 0) is 30.5 Å². The Balaban J connectivity index is 0.000000437. The first-order valence-corrected chi connectivity index (χ1v) is 5.96. The van der Waals surface area contributed by atoms with Gasteiger partial charge in [0.05, 0.1) is 0 Å². The molecule has 0 spiro atoms. The normalized spacial score (nSPS) is 14.8. The smallest absolute Gasteiger partial charge is 0.122 e. The number of rotatable bonds is 2. The van der Waals surface area contributed by atoms with Crippen LogP contribution in [0.5, 0.6) is 0 Å². The highest BCUT2D eigenvalue weighted by Gasteiger charge is 2.16. The molecule has 5 N–H and O–H groups in total. The van der Waals surface area contributed by atoms with Gasteiger partial charge in [-0.1, -0.05) is 43.7 Å². The number of nitrogens with one attached hydrogen (secondary N) is 1. The monoisotopic (exact) mass is 231 g/mol. The van der Waals surface area contributed by atoms with E-state index in [1.54, 1.807) is 0 Å². The molecule has 1 aliphatic carbocycles. The number of hydrogen-bond acceptors (Lipinski definition) is 2. The van der Waals surface area contributed by atoms with Crippen LogP contribution in [-0.2, 0) is 0 Å². The summed E-state index contributed by atoms with van der Waals surface area (Å²) in [6.07, 6.45) is 6.61. The summed E-state index contributed by atoms with van der Waals surface area (Å²) >= 11 is 0. The highest BCUT2D eigenvalue weighted by atomic mass is 14.7. The van der Waals surface area contributed by atoms with Crippen LogP contribution < -0.4 is 11.5 Å². The van der Waals surface area contributed by atoms with Crippen LogP contribution >= 0.6 is 0 Å². The van der Waals surface area contributed by atoms with Gasteiger partial charge in [-0.2, -0.15) is 0 Å². The molecule has 1 aliphatic rings. The Morgan fingerprint density at radius 1 is 1.24 bits per heavy atom. The third kappa shape index (κ3) is 3.94. The summed E-state index contributed by atoms with van der Waals surface area (Å²) in [4.78, 5) is 0. The molecule has 1 aromatic carbocycles. The Bertz CT molecular complexity index is 362. The van der Waals surface area contributed by atoms with Crippen molar-refractivity contribution in [2.24, 2.45) is 11.5 Å². The lowest BCUT2D eigenvalue weighted by Gasteiger charge is -2.09. The van der Waals surface area contributed by atoms with Gasteiger partial charge in [-0.15, -0.1) is 0 Å². The molecule has 0 bridgehead atoms. The largest absolute Gasteiger partial charge is 0.405 e. The van der Waals surface area contributed by atoms with Crippen LogP contribution in [-0.4, -0.2) is 5.84 Å². The summed E-state index contributed by atoms with van der Waals surface area (Å²) in [5.74, 6) is 0.902. The van der Waals surface area contributed by atoms with Crippen LogP contribution in [0.2, 0.25) is 0 Å². The van der Waals surface area contributed by atoms with Crippen LogP contribution in [0, 0.1) is 5.41 Å². The fourth-order valence-corrected chi connectivity index (χ4v) is 2.19. The van der Waals surface area contributed by atoms with Crippen molar-refractivity contribution in [1.82, 2.24) is 0 Å². The predicted octanol–water partition coefficient (Wildman–Crippen LogP) is 2.72. The molecule has 0 unspecified atom stereocenters. The maximum atomic E-state index is 7.29.